The molecule has 0 N–H and O–H groups in total. The van der Waals surface area contributed by atoms with E-state index in [2.05, 4.69) is 74.8 Å². The summed E-state index contributed by atoms with van der Waals surface area (Å²) < 4.78 is 6.67. The molecule has 0 atom stereocenters. The predicted molar refractivity (Wildman–Crippen MR) is 80.1 cm³/mol. The lowest BCUT2D eigenvalue weighted by atomic mass is 10.5. The van der Waals surface area contributed by atoms with Gasteiger partial charge < -0.3 is 4.12 Å². The van der Waals surface area contributed by atoms with Crippen LogP contribution in [0.15, 0.2) is 48.6 Å². The quantitative estimate of drug-likeness (QED) is 0.682. The normalized spacial score (nSPS) is 20.9. The third kappa shape index (κ3) is 2.79. The molecule has 92 valence electrons. The average molecular weight is 263 g/mol. The minimum absolute atomic E-state index is 0.545. The molecule has 0 spiro atoms. The highest BCUT2D eigenvalue weighted by molar-refractivity contribution is 6.87. The first-order chi connectivity index (χ1) is 7.92. The molecule has 2 aliphatic carbocycles. The topological polar surface area (TPSA) is 9.23 Å². The molecule has 1 nitrogen and oxygen atoms in total. The molecule has 0 aromatic heterocycles. The molecule has 0 heterocycles. The third-order valence-electron chi connectivity index (χ3n) is 3.63. The van der Waals surface area contributed by atoms with Gasteiger partial charge in [-0.3, -0.25) is 0 Å². The molecule has 0 saturated carbocycles. The van der Waals surface area contributed by atoms with E-state index in [0.29, 0.717) is 11.1 Å². The Morgan fingerprint density at radius 2 is 0.941 bits per heavy atom. The van der Waals surface area contributed by atoms with Crippen molar-refractivity contribution in [3.05, 3.63) is 48.6 Å². The predicted octanol–water partition coefficient (Wildman–Crippen LogP) is 4.41. The molecule has 0 bridgehead atoms. The molecular formula is C14H22OSi2. The summed E-state index contributed by atoms with van der Waals surface area (Å²) in [5.41, 5.74) is 1.09. The highest BCUT2D eigenvalue weighted by Crippen LogP contribution is 2.37. The van der Waals surface area contributed by atoms with E-state index in [-0.39, 0.29) is 0 Å². The Balaban J connectivity index is 2.08. The van der Waals surface area contributed by atoms with Gasteiger partial charge in [0.15, 0.2) is 16.6 Å². The first-order valence-corrected chi connectivity index (χ1v) is 12.3. The van der Waals surface area contributed by atoms with Gasteiger partial charge in [0.1, 0.15) is 0 Å². The smallest absolute Gasteiger partial charge is 0.184 e. The van der Waals surface area contributed by atoms with Gasteiger partial charge in [0.2, 0.25) is 0 Å². The summed E-state index contributed by atoms with van der Waals surface area (Å²) in [6.45, 7) is 9.37. The summed E-state index contributed by atoms with van der Waals surface area (Å²) in [5, 5.41) is 0. The van der Waals surface area contributed by atoms with E-state index in [1.54, 1.807) is 0 Å². The summed E-state index contributed by atoms with van der Waals surface area (Å²) in [4.78, 5) is 0. The van der Waals surface area contributed by atoms with Gasteiger partial charge in [0.25, 0.3) is 0 Å². The minimum Gasteiger partial charge on any atom is -0.454 e. The second kappa shape index (κ2) is 4.55. The van der Waals surface area contributed by atoms with Gasteiger partial charge >= 0.3 is 0 Å². The van der Waals surface area contributed by atoms with Gasteiger partial charge in [-0.1, -0.05) is 48.6 Å². The lowest BCUT2D eigenvalue weighted by Gasteiger charge is -2.38. The van der Waals surface area contributed by atoms with Crippen LogP contribution in [0.25, 0.3) is 0 Å². The maximum atomic E-state index is 6.67. The van der Waals surface area contributed by atoms with Gasteiger partial charge in [0.05, 0.1) is 0 Å². The van der Waals surface area contributed by atoms with Crippen LogP contribution >= 0.6 is 0 Å². The second-order valence-electron chi connectivity index (χ2n) is 5.90. The fourth-order valence-electron chi connectivity index (χ4n) is 2.60. The van der Waals surface area contributed by atoms with Crippen molar-refractivity contribution in [3.63, 3.8) is 0 Å². The molecule has 2 rings (SSSR count). The standard InChI is InChI=1S/C14H22OSi2/c1-16(2,13-9-5-6-10-13)15-17(3,4)14-11-7-8-12-14/h5-14H,1-4H3. The SMILES string of the molecule is C[Si](C)(O[Si](C)(C)C1C=CC=C1)C1C=CC=C1. The van der Waals surface area contributed by atoms with Crippen LogP contribution in [0.2, 0.25) is 37.3 Å². The Bertz CT molecular complexity index is 340. The Hall–Kier alpha value is -0.646. The molecule has 2 aliphatic rings. The summed E-state index contributed by atoms with van der Waals surface area (Å²) >= 11 is 0. The Morgan fingerprint density at radius 1 is 0.647 bits per heavy atom. The zero-order valence-electron chi connectivity index (χ0n) is 11.2. The molecular weight excluding hydrogens is 240 g/mol. The van der Waals surface area contributed by atoms with Crippen molar-refractivity contribution in [2.24, 2.45) is 0 Å². The molecule has 0 fully saturated rings. The zero-order valence-corrected chi connectivity index (χ0v) is 13.2. The Kier molecular flexibility index (Phi) is 3.43. The molecule has 0 radical (unpaired) electrons. The van der Waals surface area contributed by atoms with Crippen LogP contribution < -0.4 is 0 Å². The first-order valence-electron chi connectivity index (χ1n) is 6.32. The largest absolute Gasteiger partial charge is 0.454 e. The number of allylic oxidation sites excluding steroid dienone is 8. The van der Waals surface area contributed by atoms with Crippen LogP contribution in [0.5, 0.6) is 0 Å². The van der Waals surface area contributed by atoms with Crippen LogP contribution in [0, 0.1) is 0 Å². The number of hydrogen-bond donors (Lipinski definition) is 0. The second-order valence-corrected chi connectivity index (χ2v) is 14.5. The molecule has 3 heteroatoms. The zero-order chi connectivity index (χ0) is 12.5. The van der Waals surface area contributed by atoms with E-state index in [9.17, 15) is 0 Å². The van der Waals surface area contributed by atoms with Crippen molar-refractivity contribution in [3.8, 4) is 0 Å². The van der Waals surface area contributed by atoms with Crippen LogP contribution in [-0.2, 0) is 4.12 Å². The van der Waals surface area contributed by atoms with Crippen LogP contribution in [0.3, 0.4) is 0 Å². The summed E-state index contributed by atoms with van der Waals surface area (Å²) in [6, 6.07) is 0. The maximum absolute atomic E-state index is 6.67. The summed E-state index contributed by atoms with van der Waals surface area (Å²) in [5.74, 6) is 0. The maximum Gasteiger partial charge on any atom is 0.184 e. The van der Waals surface area contributed by atoms with E-state index in [4.69, 9.17) is 4.12 Å². The Morgan fingerprint density at radius 3 is 1.24 bits per heavy atom. The van der Waals surface area contributed by atoms with Crippen LogP contribution in [0.1, 0.15) is 0 Å². The fourth-order valence-corrected chi connectivity index (χ4v) is 11.4. The van der Waals surface area contributed by atoms with Gasteiger partial charge in [-0.05, 0) is 26.2 Å². The highest BCUT2D eigenvalue weighted by atomic mass is 28.4. The molecule has 0 aromatic carbocycles. The van der Waals surface area contributed by atoms with E-state index in [1.165, 1.54) is 0 Å². The van der Waals surface area contributed by atoms with E-state index in [1.807, 2.05) is 0 Å². The minimum atomic E-state index is -1.65. The first kappa shape index (κ1) is 12.8. The van der Waals surface area contributed by atoms with Crippen LogP contribution in [-0.4, -0.2) is 16.6 Å². The molecule has 0 unspecified atom stereocenters. The van der Waals surface area contributed by atoms with E-state index < -0.39 is 16.6 Å². The molecule has 0 aliphatic heterocycles. The summed E-state index contributed by atoms with van der Waals surface area (Å²) in [7, 11) is -3.31. The average Bonchev–Trinajstić information content (AvgIpc) is 2.91. The van der Waals surface area contributed by atoms with Crippen molar-refractivity contribution in [1.29, 1.82) is 0 Å². The number of hydrogen-bond acceptors (Lipinski definition) is 1. The molecule has 0 aromatic rings. The number of rotatable bonds is 4. The molecule has 0 saturated heterocycles. The van der Waals surface area contributed by atoms with Crippen LogP contribution in [0.4, 0.5) is 0 Å². The van der Waals surface area contributed by atoms with Gasteiger partial charge in [-0.25, -0.2) is 0 Å². The van der Waals surface area contributed by atoms with E-state index >= 15 is 0 Å². The van der Waals surface area contributed by atoms with Crippen molar-refractivity contribution in [2.45, 2.75) is 37.3 Å². The van der Waals surface area contributed by atoms with Crippen molar-refractivity contribution < 1.29 is 4.12 Å². The molecule has 0 amide bonds. The van der Waals surface area contributed by atoms with Gasteiger partial charge in [-0.15, -0.1) is 0 Å². The lowest BCUT2D eigenvalue weighted by Crippen LogP contribution is -2.48. The Labute approximate surface area is 107 Å². The van der Waals surface area contributed by atoms with Crippen molar-refractivity contribution in [1.82, 2.24) is 0 Å². The summed E-state index contributed by atoms with van der Waals surface area (Å²) in [6.07, 6.45) is 17.7. The molecule has 17 heavy (non-hydrogen) atoms. The van der Waals surface area contributed by atoms with Crippen molar-refractivity contribution >= 4 is 16.6 Å². The third-order valence-corrected chi connectivity index (χ3v) is 11.8. The van der Waals surface area contributed by atoms with Crippen molar-refractivity contribution in [2.75, 3.05) is 0 Å². The van der Waals surface area contributed by atoms with E-state index in [0.717, 1.165) is 0 Å². The lowest BCUT2D eigenvalue weighted by molar-refractivity contribution is 0.533. The van der Waals surface area contributed by atoms with Gasteiger partial charge in [0, 0.05) is 11.1 Å². The monoisotopic (exact) mass is 262 g/mol. The fraction of sp³-hybridized carbons (Fsp3) is 0.429. The van der Waals surface area contributed by atoms with Gasteiger partial charge in [-0.2, -0.15) is 0 Å². The highest BCUT2D eigenvalue weighted by Gasteiger charge is 2.41.